The molecule has 3 N–H and O–H groups in total. The predicted molar refractivity (Wildman–Crippen MR) is 70.0 cm³/mol. The Bertz CT molecular complexity index is 339. The van der Waals surface area contributed by atoms with Crippen LogP contribution in [0.4, 0.5) is 0 Å². The SMILES string of the molecule is CNCCC(O)C(O)c1ccccc1C(C)C. The zero-order chi connectivity index (χ0) is 12.8. The van der Waals surface area contributed by atoms with Crippen LogP contribution in [-0.2, 0) is 0 Å². The second-order valence-corrected chi connectivity index (χ2v) is 4.69. The lowest BCUT2D eigenvalue weighted by Gasteiger charge is -2.22. The summed E-state index contributed by atoms with van der Waals surface area (Å²) in [6.45, 7) is 4.87. The van der Waals surface area contributed by atoms with Crippen molar-refractivity contribution in [2.24, 2.45) is 0 Å². The van der Waals surface area contributed by atoms with Gasteiger partial charge in [0.25, 0.3) is 0 Å². The van der Waals surface area contributed by atoms with Gasteiger partial charge in [-0.2, -0.15) is 0 Å². The van der Waals surface area contributed by atoms with Crippen molar-refractivity contribution in [2.45, 2.75) is 38.4 Å². The van der Waals surface area contributed by atoms with Crippen molar-refractivity contribution in [1.82, 2.24) is 5.32 Å². The zero-order valence-corrected chi connectivity index (χ0v) is 10.9. The predicted octanol–water partition coefficient (Wildman–Crippen LogP) is 1.81. The highest BCUT2D eigenvalue weighted by atomic mass is 16.3. The number of aliphatic hydroxyl groups excluding tert-OH is 2. The lowest BCUT2D eigenvalue weighted by atomic mass is 9.91. The van der Waals surface area contributed by atoms with Crippen LogP contribution in [0, 0.1) is 0 Å². The van der Waals surface area contributed by atoms with Crippen LogP contribution >= 0.6 is 0 Å². The van der Waals surface area contributed by atoms with Crippen LogP contribution in [-0.4, -0.2) is 29.9 Å². The summed E-state index contributed by atoms with van der Waals surface area (Å²) < 4.78 is 0. The highest BCUT2D eigenvalue weighted by Crippen LogP contribution is 2.27. The monoisotopic (exact) mass is 237 g/mol. The van der Waals surface area contributed by atoms with E-state index in [0.717, 1.165) is 11.1 Å². The van der Waals surface area contributed by atoms with Crippen LogP contribution in [0.15, 0.2) is 24.3 Å². The molecule has 0 amide bonds. The third-order valence-corrected chi connectivity index (χ3v) is 2.99. The first-order valence-corrected chi connectivity index (χ1v) is 6.17. The Kier molecular flexibility index (Phi) is 5.62. The van der Waals surface area contributed by atoms with Gasteiger partial charge in [-0.3, -0.25) is 0 Å². The summed E-state index contributed by atoms with van der Waals surface area (Å²) in [5.41, 5.74) is 1.94. The molecular formula is C14H23NO2. The Balaban J connectivity index is 2.83. The molecule has 0 saturated heterocycles. The van der Waals surface area contributed by atoms with Crippen molar-refractivity contribution in [2.75, 3.05) is 13.6 Å². The largest absolute Gasteiger partial charge is 0.390 e. The minimum atomic E-state index is -0.804. The van der Waals surface area contributed by atoms with E-state index in [1.807, 2.05) is 31.3 Å². The van der Waals surface area contributed by atoms with Crippen LogP contribution in [0.3, 0.4) is 0 Å². The fourth-order valence-corrected chi connectivity index (χ4v) is 1.96. The first-order chi connectivity index (χ1) is 8.07. The fourth-order valence-electron chi connectivity index (χ4n) is 1.96. The average molecular weight is 237 g/mol. The second kappa shape index (κ2) is 6.74. The Morgan fingerprint density at radius 3 is 2.24 bits per heavy atom. The molecule has 0 radical (unpaired) electrons. The van der Waals surface area contributed by atoms with E-state index in [9.17, 15) is 10.2 Å². The topological polar surface area (TPSA) is 52.5 Å². The highest BCUT2D eigenvalue weighted by Gasteiger charge is 2.21. The third kappa shape index (κ3) is 3.80. The molecule has 0 aliphatic carbocycles. The van der Waals surface area contributed by atoms with Gasteiger partial charge in [-0.15, -0.1) is 0 Å². The van der Waals surface area contributed by atoms with Gasteiger partial charge in [0, 0.05) is 0 Å². The molecule has 3 heteroatoms. The van der Waals surface area contributed by atoms with Crippen molar-refractivity contribution in [3.05, 3.63) is 35.4 Å². The van der Waals surface area contributed by atoms with Crippen molar-refractivity contribution in [3.63, 3.8) is 0 Å². The molecule has 3 nitrogen and oxygen atoms in total. The summed E-state index contributed by atoms with van der Waals surface area (Å²) in [5, 5.41) is 23.1. The van der Waals surface area contributed by atoms with Gasteiger partial charge in [0.1, 0.15) is 6.10 Å². The normalized spacial score (nSPS) is 14.9. The summed E-state index contributed by atoms with van der Waals surface area (Å²) in [6, 6.07) is 7.76. The van der Waals surface area contributed by atoms with Gasteiger partial charge in [0.15, 0.2) is 0 Å². The maximum absolute atomic E-state index is 10.2. The summed E-state index contributed by atoms with van der Waals surface area (Å²) in [6.07, 6.45) is -0.978. The maximum Gasteiger partial charge on any atom is 0.105 e. The molecule has 1 aromatic carbocycles. The molecule has 2 unspecified atom stereocenters. The molecule has 1 aromatic rings. The molecule has 96 valence electrons. The summed E-state index contributed by atoms with van der Waals surface area (Å²) >= 11 is 0. The number of hydrogen-bond acceptors (Lipinski definition) is 3. The maximum atomic E-state index is 10.2. The van der Waals surface area contributed by atoms with E-state index in [1.165, 1.54) is 0 Å². The fraction of sp³-hybridized carbons (Fsp3) is 0.571. The van der Waals surface area contributed by atoms with Gasteiger partial charge >= 0.3 is 0 Å². The Labute approximate surface area is 103 Å². The van der Waals surface area contributed by atoms with Gasteiger partial charge in [-0.25, -0.2) is 0 Å². The van der Waals surface area contributed by atoms with E-state index in [-0.39, 0.29) is 0 Å². The van der Waals surface area contributed by atoms with Gasteiger partial charge < -0.3 is 15.5 Å². The second-order valence-electron chi connectivity index (χ2n) is 4.69. The highest BCUT2D eigenvalue weighted by molar-refractivity contribution is 5.32. The number of aliphatic hydroxyl groups is 2. The average Bonchev–Trinajstić information content (AvgIpc) is 2.34. The molecule has 0 aromatic heterocycles. The first kappa shape index (κ1) is 14.2. The van der Waals surface area contributed by atoms with Crippen LogP contribution in [0.1, 0.15) is 43.4 Å². The molecule has 0 saturated carbocycles. The van der Waals surface area contributed by atoms with Gasteiger partial charge in [0.2, 0.25) is 0 Å². The van der Waals surface area contributed by atoms with Crippen molar-refractivity contribution in [1.29, 1.82) is 0 Å². The molecule has 0 aliphatic rings. The smallest absolute Gasteiger partial charge is 0.105 e. The first-order valence-electron chi connectivity index (χ1n) is 6.17. The lowest BCUT2D eigenvalue weighted by molar-refractivity contribution is 0.0134. The quantitative estimate of drug-likeness (QED) is 0.707. The van der Waals surface area contributed by atoms with E-state index in [0.29, 0.717) is 18.9 Å². The minimum absolute atomic E-state index is 0.345. The van der Waals surface area contributed by atoms with Crippen molar-refractivity contribution >= 4 is 0 Å². The number of nitrogens with one attached hydrogen (secondary N) is 1. The third-order valence-electron chi connectivity index (χ3n) is 2.99. The molecule has 0 aliphatic heterocycles. The van der Waals surface area contributed by atoms with Gasteiger partial charge in [-0.05, 0) is 37.1 Å². The zero-order valence-electron chi connectivity index (χ0n) is 10.9. The molecule has 1 rings (SSSR count). The van der Waals surface area contributed by atoms with E-state index in [2.05, 4.69) is 19.2 Å². The molecule has 0 fully saturated rings. The van der Waals surface area contributed by atoms with E-state index in [4.69, 9.17) is 0 Å². The molecule has 17 heavy (non-hydrogen) atoms. The minimum Gasteiger partial charge on any atom is -0.390 e. The number of rotatable bonds is 6. The van der Waals surface area contributed by atoms with Crippen LogP contribution < -0.4 is 5.32 Å². The van der Waals surface area contributed by atoms with Crippen molar-refractivity contribution < 1.29 is 10.2 Å². The lowest BCUT2D eigenvalue weighted by Crippen LogP contribution is -2.24. The van der Waals surface area contributed by atoms with Crippen molar-refractivity contribution in [3.8, 4) is 0 Å². The van der Waals surface area contributed by atoms with Gasteiger partial charge in [0.05, 0.1) is 6.10 Å². The molecule has 0 heterocycles. The standard InChI is InChI=1S/C14H23NO2/c1-10(2)11-6-4-5-7-12(11)14(17)13(16)8-9-15-3/h4-7,10,13-17H,8-9H2,1-3H3. The van der Waals surface area contributed by atoms with Gasteiger partial charge in [-0.1, -0.05) is 38.1 Å². The molecule has 0 bridgehead atoms. The molecular weight excluding hydrogens is 214 g/mol. The van der Waals surface area contributed by atoms with E-state index < -0.39 is 12.2 Å². The molecule has 2 atom stereocenters. The van der Waals surface area contributed by atoms with Crippen LogP contribution in [0.25, 0.3) is 0 Å². The Morgan fingerprint density at radius 1 is 1.12 bits per heavy atom. The summed E-state index contributed by atoms with van der Waals surface area (Å²) in [7, 11) is 1.83. The molecule has 0 spiro atoms. The Morgan fingerprint density at radius 2 is 1.71 bits per heavy atom. The van der Waals surface area contributed by atoms with E-state index in [1.54, 1.807) is 0 Å². The summed E-state index contributed by atoms with van der Waals surface area (Å²) in [4.78, 5) is 0. The van der Waals surface area contributed by atoms with Crippen LogP contribution in [0.5, 0.6) is 0 Å². The Hall–Kier alpha value is -0.900. The van der Waals surface area contributed by atoms with Crippen LogP contribution in [0.2, 0.25) is 0 Å². The summed E-state index contributed by atoms with van der Waals surface area (Å²) in [5.74, 6) is 0.345. The van der Waals surface area contributed by atoms with E-state index >= 15 is 0 Å². The number of hydrogen-bond donors (Lipinski definition) is 3. The number of benzene rings is 1.